The molecule has 4 N–H and O–H groups in total. The number of para-hydroxylation sites is 1. The molecular weight excluding hydrogens is 442 g/mol. The molecule has 9 heteroatoms. The second-order valence-corrected chi connectivity index (χ2v) is 8.32. The number of nitrogens with zero attached hydrogens (tertiary/aromatic N) is 4. The smallest absolute Gasteiger partial charge is 0.322 e. The number of hydrogen-bond acceptors (Lipinski definition) is 6. The van der Waals surface area contributed by atoms with Gasteiger partial charge in [-0.2, -0.15) is 0 Å². The Morgan fingerprint density at radius 3 is 2.63 bits per heavy atom. The van der Waals surface area contributed by atoms with Crippen molar-refractivity contribution in [3.63, 3.8) is 0 Å². The topological polar surface area (TPSA) is 126 Å². The molecule has 0 aliphatic carbocycles. The zero-order valence-electron chi connectivity index (χ0n) is 19.0. The van der Waals surface area contributed by atoms with Crippen molar-refractivity contribution < 1.29 is 9.59 Å². The van der Waals surface area contributed by atoms with Crippen LogP contribution in [0.2, 0.25) is 0 Å². The van der Waals surface area contributed by atoms with Crippen molar-refractivity contribution in [3.05, 3.63) is 84.3 Å². The molecule has 0 saturated carbocycles. The van der Waals surface area contributed by atoms with Crippen molar-refractivity contribution in [2.24, 2.45) is 0 Å². The molecule has 3 aromatic heterocycles. The number of urea groups is 1. The van der Waals surface area contributed by atoms with Gasteiger partial charge in [0.2, 0.25) is 5.91 Å². The Kier molecular flexibility index (Phi) is 5.80. The Balaban J connectivity index is 1.26. The van der Waals surface area contributed by atoms with Crippen molar-refractivity contribution >= 4 is 40.0 Å². The summed E-state index contributed by atoms with van der Waals surface area (Å²) < 4.78 is 0. The van der Waals surface area contributed by atoms with Crippen LogP contribution in [0.1, 0.15) is 5.56 Å². The average Bonchev–Trinajstić information content (AvgIpc) is 2.81. The summed E-state index contributed by atoms with van der Waals surface area (Å²) in [6.07, 6.45) is 6.58. The predicted octanol–water partition coefficient (Wildman–Crippen LogP) is 4.00. The lowest BCUT2D eigenvalue weighted by Crippen LogP contribution is -2.47. The molecule has 0 unspecified atom stereocenters. The molecule has 9 nitrogen and oxygen atoms in total. The van der Waals surface area contributed by atoms with E-state index in [1.54, 1.807) is 29.6 Å². The normalized spacial score (nSPS) is 12.7. The fraction of sp³-hybridized carbons (Fsp3) is 0.115. The van der Waals surface area contributed by atoms with Crippen LogP contribution in [0.25, 0.3) is 22.0 Å². The summed E-state index contributed by atoms with van der Waals surface area (Å²) in [7, 11) is 0. The van der Waals surface area contributed by atoms with E-state index in [9.17, 15) is 9.59 Å². The maximum absolute atomic E-state index is 12.5. The van der Waals surface area contributed by atoms with E-state index in [1.807, 2.05) is 49.4 Å². The molecule has 3 amide bonds. The zero-order chi connectivity index (χ0) is 24.4. The van der Waals surface area contributed by atoms with Gasteiger partial charge < -0.3 is 21.3 Å². The number of carbonyl (C=O) groups is 2. The van der Waals surface area contributed by atoms with Gasteiger partial charge in [0.15, 0.2) is 0 Å². The van der Waals surface area contributed by atoms with Gasteiger partial charge in [0, 0.05) is 54.4 Å². The number of nitrogen functional groups attached to an aromatic ring is 1. The van der Waals surface area contributed by atoms with Gasteiger partial charge in [0.25, 0.3) is 0 Å². The van der Waals surface area contributed by atoms with Gasteiger partial charge in [-0.05, 0) is 53.8 Å². The number of benzene rings is 1. The second kappa shape index (κ2) is 9.22. The summed E-state index contributed by atoms with van der Waals surface area (Å²) in [5.41, 5.74) is 10.4. The summed E-state index contributed by atoms with van der Waals surface area (Å²) in [5, 5.41) is 7.12. The van der Waals surface area contributed by atoms with Gasteiger partial charge in [-0.1, -0.05) is 18.2 Å². The standard InChI is InChI=1S/C26H23N7O2/c1-16-7-8-28-12-20(16)22-10-18-11-23(29-13-21(18)25(27)31-22)32-24(34)9-17-14-33(15-17)26(35)30-19-5-3-2-4-6-19/h2-13H,14-15H2,1H3,(H2,27,31)(H,30,35)(H,29,32,34). The van der Waals surface area contributed by atoms with E-state index in [0.29, 0.717) is 35.8 Å². The fourth-order valence-corrected chi connectivity index (χ4v) is 3.86. The van der Waals surface area contributed by atoms with Gasteiger partial charge in [0.1, 0.15) is 11.6 Å². The van der Waals surface area contributed by atoms with Crippen molar-refractivity contribution in [3.8, 4) is 11.3 Å². The Labute approximate surface area is 201 Å². The molecular formula is C26H23N7O2. The van der Waals surface area contributed by atoms with Crippen LogP contribution in [0.3, 0.4) is 0 Å². The monoisotopic (exact) mass is 465 g/mol. The van der Waals surface area contributed by atoms with Crippen molar-refractivity contribution in [2.75, 3.05) is 29.5 Å². The molecule has 174 valence electrons. The first-order valence-corrected chi connectivity index (χ1v) is 11.0. The number of fused-ring (bicyclic) bond motifs is 1. The Hall–Kier alpha value is -4.79. The van der Waals surface area contributed by atoms with Gasteiger partial charge in [-0.15, -0.1) is 0 Å². The second-order valence-electron chi connectivity index (χ2n) is 8.32. The average molecular weight is 466 g/mol. The lowest BCUT2D eigenvalue weighted by molar-refractivity contribution is -0.112. The van der Waals surface area contributed by atoms with E-state index in [4.69, 9.17) is 5.73 Å². The number of aryl methyl sites for hydroxylation is 1. The molecule has 0 radical (unpaired) electrons. The summed E-state index contributed by atoms with van der Waals surface area (Å²) >= 11 is 0. The highest BCUT2D eigenvalue weighted by Gasteiger charge is 2.26. The minimum Gasteiger partial charge on any atom is -0.383 e. The summed E-state index contributed by atoms with van der Waals surface area (Å²) in [6, 6.07) is 14.6. The number of anilines is 3. The van der Waals surface area contributed by atoms with Gasteiger partial charge in [-0.25, -0.2) is 14.8 Å². The van der Waals surface area contributed by atoms with Crippen LogP contribution >= 0.6 is 0 Å². The maximum atomic E-state index is 12.5. The third-order valence-electron chi connectivity index (χ3n) is 5.75. The highest BCUT2D eigenvalue weighted by atomic mass is 16.2. The molecule has 1 aromatic carbocycles. The number of hydrogen-bond donors (Lipinski definition) is 3. The summed E-state index contributed by atoms with van der Waals surface area (Å²) in [6.45, 7) is 2.78. The van der Waals surface area contributed by atoms with Crippen LogP contribution in [0.5, 0.6) is 0 Å². The first-order valence-electron chi connectivity index (χ1n) is 11.0. The molecule has 5 rings (SSSR count). The molecule has 1 aliphatic heterocycles. The third-order valence-corrected chi connectivity index (χ3v) is 5.75. The minimum absolute atomic E-state index is 0.198. The van der Waals surface area contributed by atoms with Gasteiger partial charge in [0.05, 0.1) is 5.69 Å². The highest BCUT2D eigenvalue weighted by Crippen LogP contribution is 2.28. The van der Waals surface area contributed by atoms with Crippen LogP contribution in [0, 0.1) is 6.92 Å². The summed E-state index contributed by atoms with van der Waals surface area (Å²) in [5.74, 6) is 0.453. The molecule has 4 heterocycles. The first kappa shape index (κ1) is 22.0. The Bertz CT molecular complexity index is 1460. The van der Waals surface area contributed by atoms with E-state index in [0.717, 1.165) is 27.8 Å². The predicted molar refractivity (Wildman–Crippen MR) is 136 cm³/mol. The molecule has 1 aliphatic rings. The largest absolute Gasteiger partial charge is 0.383 e. The number of nitrogens with two attached hydrogens (primary N) is 1. The molecule has 1 fully saturated rings. The highest BCUT2D eigenvalue weighted by molar-refractivity contribution is 6.02. The van der Waals surface area contributed by atoms with Crippen molar-refractivity contribution in [1.29, 1.82) is 0 Å². The molecule has 35 heavy (non-hydrogen) atoms. The van der Waals surface area contributed by atoms with Crippen molar-refractivity contribution in [1.82, 2.24) is 19.9 Å². The minimum atomic E-state index is -0.305. The van der Waals surface area contributed by atoms with E-state index in [1.165, 1.54) is 6.08 Å². The van der Waals surface area contributed by atoms with E-state index < -0.39 is 0 Å². The van der Waals surface area contributed by atoms with Crippen LogP contribution in [-0.4, -0.2) is 44.9 Å². The SMILES string of the molecule is Cc1ccncc1-c1cc2cc(NC(=O)C=C3CN(C(=O)Nc4ccccc4)C3)ncc2c(N)n1. The van der Waals surface area contributed by atoms with E-state index in [-0.39, 0.29) is 11.9 Å². The Morgan fingerprint density at radius 1 is 1.06 bits per heavy atom. The number of amides is 3. The quantitative estimate of drug-likeness (QED) is 0.391. The van der Waals surface area contributed by atoms with Gasteiger partial charge >= 0.3 is 6.03 Å². The lowest BCUT2D eigenvalue weighted by Gasteiger charge is -2.33. The number of likely N-dealkylation sites (tertiary alicyclic amines) is 1. The van der Waals surface area contributed by atoms with Crippen LogP contribution < -0.4 is 16.4 Å². The maximum Gasteiger partial charge on any atom is 0.322 e. The molecule has 0 spiro atoms. The molecule has 4 aromatic rings. The number of aromatic nitrogens is 3. The van der Waals surface area contributed by atoms with E-state index >= 15 is 0 Å². The first-order chi connectivity index (χ1) is 17.0. The number of pyridine rings is 3. The zero-order valence-corrected chi connectivity index (χ0v) is 19.0. The Morgan fingerprint density at radius 2 is 1.86 bits per heavy atom. The molecule has 1 saturated heterocycles. The van der Waals surface area contributed by atoms with Crippen molar-refractivity contribution in [2.45, 2.75) is 6.92 Å². The van der Waals surface area contributed by atoms with E-state index in [2.05, 4.69) is 25.6 Å². The number of rotatable bonds is 4. The number of carbonyl (C=O) groups excluding carboxylic acids is 2. The number of nitrogens with one attached hydrogen (secondary N) is 2. The molecule has 0 atom stereocenters. The van der Waals surface area contributed by atoms with Gasteiger partial charge in [-0.3, -0.25) is 9.78 Å². The van der Waals surface area contributed by atoms with Crippen LogP contribution in [-0.2, 0) is 4.79 Å². The summed E-state index contributed by atoms with van der Waals surface area (Å²) in [4.78, 5) is 39.4. The van der Waals surface area contributed by atoms with Crippen LogP contribution in [0.4, 0.5) is 22.1 Å². The lowest BCUT2D eigenvalue weighted by atomic mass is 10.1. The third kappa shape index (κ3) is 4.79. The van der Waals surface area contributed by atoms with Crippen LogP contribution in [0.15, 0.2) is 78.8 Å². The fourth-order valence-electron chi connectivity index (χ4n) is 3.86. The molecule has 0 bridgehead atoms.